The molecule has 0 aromatic heterocycles. The highest BCUT2D eigenvalue weighted by Crippen LogP contribution is 2.52. The molecule has 2 amide bonds. The van der Waals surface area contributed by atoms with Crippen molar-refractivity contribution in [2.45, 2.75) is 24.9 Å². The summed E-state index contributed by atoms with van der Waals surface area (Å²) in [5, 5.41) is 3.43. The third-order valence-corrected chi connectivity index (χ3v) is 7.82. The molecule has 4 atom stereocenters. The zero-order valence-corrected chi connectivity index (χ0v) is 20.7. The molecule has 2 fully saturated rings. The van der Waals surface area contributed by atoms with Crippen molar-refractivity contribution in [3.63, 3.8) is 0 Å². The SMILES string of the molecule is COC(=O)[C@]1(CCSC)N[C@H](c2ccccc2C)[C@H]2C(=O)N(c3ccc4c(c3)OCCO4)C(=O)[C@@H]21. The average molecular weight is 497 g/mol. The van der Waals surface area contributed by atoms with Crippen LogP contribution in [-0.4, -0.2) is 55.7 Å². The van der Waals surface area contributed by atoms with Gasteiger partial charge < -0.3 is 14.2 Å². The maximum Gasteiger partial charge on any atom is 0.326 e. The van der Waals surface area contributed by atoms with E-state index in [0.29, 0.717) is 42.6 Å². The number of benzene rings is 2. The molecule has 0 unspecified atom stereocenters. The minimum atomic E-state index is -1.31. The van der Waals surface area contributed by atoms with Crippen LogP contribution < -0.4 is 19.7 Å². The van der Waals surface area contributed by atoms with Gasteiger partial charge in [-0.25, -0.2) is 4.90 Å². The number of anilines is 1. The molecule has 5 rings (SSSR count). The van der Waals surface area contributed by atoms with E-state index in [0.717, 1.165) is 11.1 Å². The molecule has 3 heterocycles. The van der Waals surface area contributed by atoms with Gasteiger partial charge in [0.25, 0.3) is 0 Å². The van der Waals surface area contributed by atoms with E-state index in [1.807, 2.05) is 37.4 Å². The van der Waals surface area contributed by atoms with Gasteiger partial charge >= 0.3 is 5.97 Å². The van der Waals surface area contributed by atoms with Crippen LogP contribution >= 0.6 is 11.8 Å². The normalized spacial score (nSPS) is 27.2. The van der Waals surface area contributed by atoms with E-state index in [1.165, 1.54) is 12.0 Å². The van der Waals surface area contributed by atoms with E-state index >= 15 is 0 Å². The Morgan fingerprint density at radius 3 is 2.60 bits per heavy atom. The fraction of sp³-hybridized carbons (Fsp3) is 0.423. The predicted molar refractivity (Wildman–Crippen MR) is 132 cm³/mol. The zero-order chi connectivity index (χ0) is 24.7. The zero-order valence-electron chi connectivity index (χ0n) is 19.9. The molecule has 0 aliphatic carbocycles. The van der Waals surface area contributed by atoms with Gasteiger partial charge in [-0.05, 0) is 48.6 Å². The van der Waals surface area contributed by atoms with Crippen LogP contribution in [0.5, 0.6) is 11.5 Å². The van der Waals surface area contributed by atoms with Crippen molar-refractivity contribution in [3.8, 4) is 11.5 Å². The van der Waals surface area contributed by atoms with Gasteiger partial charge in [0.05, 0.1) is 24.6 Å². The maximum atomic E-state index is 14.0. The van der Waals surface area contributed by atoms with Gasteiger partial charge in [-0.15, -0.1) is 0 Å². The molecule has 3 aliphatic heterocycles. The van der Waals surface area contributed by atoms with Gasteiger partial charge in [0.2, 0.25) is 11.8 Å². The van der Waals surface area contributed by atoms with E-state index < -0.39 is 35.3 Å². The minimum Gasteiger partial charge on any atom is -0.486 e. The molecular weight excluding hydrogens is 468 g/mol. The Morgan fingerprint density at radius 1 is 1.14 bits per heavy atom. The van der Waals surface area contributed by atoms with Crippen LogP contribution in [0.3, 0.4) is 0 Å². The lowest BCUT2D eigenvalue weighted by atomic mass is 9.77. The molecule has 35 heavy (non-hydrogen) atoms. The highest BCUT2D eigenvalue weighted by molar-refractivity contribution is 7.98. The molecule has 0 saturated carbocycles. The summed E-state index contributed by atoms with van der Waals surface area (Å²) in [5.74, 6) is -1.24. The molecule has 8 nitrogen and oxygen atoms in total. The first-order valence-electron chi connectivity index (χ1n) is 11.6. The van der Waals surface area contributed by atoms with Crippen molar-refractivity contribution in [1.29, 1.82) is 0 Å². The van der Waals surface area contributed by atoms with Crippen molar-refractivity contribution >= 4 is 35.2 Å². The Bertz CT molecular complexity index is 1190. The number of amides is 2. The number of methoxy groups -OCH3 is 1. The summed E-state index contributed by atoms with van der Waals surface area (Å²) in [6.45, 7) is 2.80. The number of hydrogen-bond acceptors (Lipinski definition) is 8. The largest absolute Gasteiger partial charge is 0.486 e. The monoisotopic (exact) mass is 496 g/mol. The number of nitrogens with one attached hydrogen (secondary N) is 1. The fourth-order valence-electron chi connectivity index (χ4n) is 5.60. The number of hydrogen-bond donors (Lipinski definition) is 1. The summed E-state index contributed by atoms with van der Waals surface area (Å²) < 4.78 is 16.5. The quantitative estimate of drug-likeness (QED) is 0.482. The molecule has 0 radical (unpaired) electrons. The van der Waals surface area contributed by atoms with Crippen molar-refractivity contribution in [3.05, 3.63) is 53.6 Å². The lowest BCUT2D eigenvalue weighted by molar-refractivity contribution is -0.152. The van der Waals surface area contributed by atoms with Crippen molar-refractivity contribution in [2.24, 2.45) is 11.8 Å². The number of fused-ring (bicyclic) bond motifs is 2. The van der Waals surface area contributed by atoms with Gasteiger partial charge in [-0.2, -0.15) is 11.8 Å². The summed E-state index contributed by atoms with van der Waals surface area (Å²) in [4.78, 5) is 42.5. The lowest BCUT2D eigenvalue weighted by Crippen LogP contribution is -2.56. The summed E-state index contributed by atoms with van der Waals surface area (Å²) in [5.41, 5.74) is 0.964. The van der Waals surface area contributed by atoms with Gasteiger partial charge in [0.1, 0.15) is 18.8 Å². The lowest BCUT2D eigenvalue weighted by Gasteiger charge is -2.32. The number of carbonyl (C=O) groups excluding carboxylic acids is 3. The number of imide groups is 1. The number of ether oxygens (including phenoxy) is 3. The van der Waals surface area contributed by atoms with Crippen molar-refractivity contribution in [1.82, 2.24) is 5.32 Å². The molecule has 1 N–H and O–H groups in total. The van der Waals surface area contributed by atoms with Gasteiger partial charge in [0, 0.05) is 12.1 Å². The summed E-state index contributed by atoms with van der Waals surface area (Å²) >= 11 is 1.58. The van der Waals surface area contributed by atoms with Gasteiger partial charge in [-0.3, -0.25) is 19.7 Å². The van der Waals surface area contributed by atoms with E-state index in [4.69, 9.17) is 14.2 Å². The Kier molecular flexibility index (Phi) is 6.23. The molecule has 2 saturated heterocycles. The number of carbonyl (C=O) groups is 3. The smallest absolute Gasteiger partial charge is 0.326 e. The first-order valence-corrected chi connectivity index (χ1v) is 13.0. The molecule has 0 bridgehead atoms. The number of aryl methyl sites for hydroxylation is 1. The third kappa shape index (κ3) is 3.68. The number of rotatable bonds is 6. The van der Waals surface area contributed by atoms with Crippen molar-refractivity contribution in [2.75, 3.05) is 37.2 Å². The first kappa shape index (κ1) is 23.7. The summed E-state index contributed by atoms with van der Waals surface area (Å²) in [6.07, 6.45) is 2.30. The highest BCUT2D eigenvalue weighted by atomic mass is 32.2. The standard InChI is InChI=1S/C26H28N2O6S/c1-15-6-4-5-7-17(15)22-20-21(26(27-22,10-13-35-3)25(31)32-2)24(30)28(23(20)29)16-8-9-18-19(14-16)34-12-11-33-18/h4-9,14,20-22,27H,10-13H2,1-3H3/t20-,21+,22+,26+/m0/s1. The minimum absolute atomic E-state index is 0.340. The summed E-state index contributed by atoms with van der Waals surface area (Å²) in [7, 11) is 1.32. The van der Waals surface area contributed by atoms with Crippen LogP contribution in [0.25, 0.3) is 0 Å². The molecule has 184 valence electrons. The number of nitrogens with zero attached hydrogens (tertiary/aromatic N) is 1. The van der Waals surface area contributed by atoms with Crippen LogP contribution in [0.1, 0.15) is 23.6 Å². The second kappa shape index (κ2) is 9.20. The Hall–Kier alpha value is -3.04. The predicted octanol–water partition coefficient (Wildman–Crippen LogP) is 2.88. The van der Waals surface area contributed by atoms with E-state index in [1.54, 1.807) is 30.0 Å². The van der Waals surface area contributed by atoms with Crippen molar-refractivity contribution < 1.29 is 28.6 Å². The molecule has 9 heteroatoms. The number of thioether (sulfide) groups is 1. The molecule has 2 aromatic carbocycles. The second-order valence-electron chi connectivity index (χ2n) is 9.03. The van der Waals surface area contributed by atoms with Crippen LogP contribution in [0.15, 0.2) is 42.5 Å². The van der Waals surface area contributed by atoms with E-state index in [2.05, 4.69) is 5.32 Å². The Labute approximate surface area is 208 Å². The molecule has 2 aromatic rings. The topological polar surface area (TPSA) is 94.2 Å². The Morgan fingerprint density at radius 2 is 1.89 bits per heavy atom. The van der Waals surface area contributed by atoms with E-state index in [-0.39, 0.29) is 5.91 Å². The first-order chi connectivity index (χ1) is 16.9. The Balaban J connectivity index is 1.63. The van der Waals surface area contributed by atoms with Crippen LogP contribution in [0.2, 0.25) is 0 Å². The molecule has 3 aliphatic rings. The fourth-order valence-corrected chi connectivity index (χ4v) is 6.12. The summed E-state index contributed by atoms with van der Waals surface area (Å²) in [6, 6.07) is 12.3. The highest BCUT2D eigenvalue weighted by Gasteiger charge is 2.68. The average Bonchev–Trinajstić information content (AvgIpc) is 3.36. The second-order valence-corrected chi connectivity index (χ2v) is 10.0. The van der Waals surface area contributed by atoms with E-state index in [9.17, 15) is 14.4 Å². The molecule has 0 spiro atoms. The van der Waals surface area contributed by atoms with Crippen LogP contribution in [0, 0.1) is 18.8 Å². The van der Waals surface area contributed by atoms with Crippen LogP contribution in [-0.2, 0) is 19.1 Å². The van der Waals surface area contributed by atoms with Crippen LogP contribution in [0.4, 0.5) is 5.69 Å². The van der Waals surface area contributed by atoms with Gasteiger partial charge in [-0.1, -0.05) is 24.3 Å². The maximum absolute atomic E-state index is 14.0. The third-order valence-electron chi connectivity index (χ3n) is 7.21. The molecular formula is C26H28N2O6S. The van der Waals surface area contributed by atoms with Gasteiger partial charge in [0.15, 0.2) is 11.5 Å². The number of esters is 1.